The van der Waals surface area contributed by atoms with Crippen molar-refractivity contribution in [2.75, 3.05) is 6.61 Å². The number of hydrogen-bond donors (Lipinski definition) is 2. The molecule has 5 rings (SSSR count). The van der Waals surface area contributed by atoms with E-state index in [4.69, 9.17) is 18.9 Å². The van der Waals surface area contributed by atoms with E-state index in [2.05, 4.69) is 46.8 Å². The molecule has 0 aromatic rings. The molecule has 0 radical (unpaired) electrons. The highest BCUT2D eigenvalue weighted by molar-refractivity contribution is 5.78. The van der Waals surface area contributed by atoms with Gasteiger partial charge in [-0.2, -0.15) is 0 Å². The number of aliphatic hydroxyl groups excluding tert-OH is 1. The van der Waals surface area contributed by atoms with E-state index in [1.54, 1.807) is 13.0 Å². The predicted octanol–water partition coefficient (Wildman–Crippen LogP) is 5.56. The molecular weight excluding hydrogens is 520 g/mol. The monoisotopic (exact) mass is 570 g/mol. The Hall–Kier alpha value is -1.77. The van der Waals surface area contributed by atoms with Crippen LogP contribution in [0.5, 0.6) is 0 Å². The molecule has 1 spiro atoms. The summed E-state index contributed by atoms with van der Waals surface area (Å²) in [5.41, 5.74) is 0.784. The fraction of sp³-hybridized carbons (Fsp3) is 0.735. The number of allylic oxidation sites excluding steroid dienone is 4. The summed E-state index contributed by atoms with van der Waals surface area (Å²) in [6, 6.07) is 0. The van der Waals surface area contributed by atoms with Crippen LogP contribution < -0.4 is 0 Å². The third kappa shape index (κ3) is 6.03. The van der Waals surface area contributed by atoms with Gasteiger partial charge in [0.2, 0.25) is 0 Å². The summed E-state index contributed by atoms with van der Waals surface area (Å²) in [5, 5.41) is 23.0. The summed E-state index contributed by atoms with van der Waals surface area (Å²) in [6.45, 7) is 12.9. The Kier molecular flexibility index (Phi) is 9.04. The molecule has 7 nitrogen and oxygen atoms in total. The Labute approximate surface area is 245 Å². The summed E-state index contributed by atoms with van der Waals surface area (Å²) in [7, 11) is 0. The van der Waals surface area contributed by atoms with Gasteiger partial charge in [-0.25, -0.2) is 0 Å². The van der Waals surface area contributed by atoms with E-state index >= 15 is 0 Å². The van der Waals surface area contributed by atoms with Crippen LogP contribution in [-0.4, -0.2) is 64.7 Å². The first-order valence-corrected chi connectivity index (χ1v) is 15.8. The lowest BCUT2D eigenvalue weighted by Crippen LogP contribution is -2.58. The van der Waals surface area contributed by atoms with E-state index in [-0.39, 0.29) is 24.7 Å². The van der Waals surface area contributed by atoms with Gasteiger partial charge in [-0.05, 0) is 62.0 Å². The predicted molar refractivity (Wildman–Crippen MR) is 157 cm³/mol. The fourth-order valence-electron chi connectivity index (χ4n) is 7.60. The molecule has 3 fully saturated rings. The number of ether oxygens (including phenoxy) is 4. The van der Waals surface area contributed by atoms with Gasteiger partial charge in [0.25, 0.3) is 0 Å². The molecule has 4 aliphatic heterocycles. The third-order valence-electron chi connectivity index (χ3n) is 10.2. The maximum Gasteiger partial charge on any atom is 0.316 e. The summed E-state index contributed by atoms with van der Waals surface area (Å²) in [5.74, 6) is -1.16. The van der Waals surface area contributed by atoms with Crippen LogP contribution in [-0.2, 0) is 23.7 Å². The molecule has 4 heterocycles. The minimum atomic E-state index is -1.68. The maximum atomic E-state index is 14.0. The minimum Gasteiger partial charge on any atom is -0.462 e. The molecule has 3 saturated heterocycles. The van der Waals surface area contributed by atoms with E-state index in [0.717, 1.165) is 32.1 Å². The van der Waals surface area contributed by atoms with E-state index < -0.39 is 41.6 Å². The van der Waals surface area contributed by atoms with Crippen LogP contribution in [0.15, 0.2) is 47.1 Å². The first-order chi connectivity index (χ1) is 19.5. The average molecular weight is 571 g/mol. The number of esters is 1. The number of carbonyl (C=O) groups is 1. The van der Waals surface area contributed by atoms with Gasteiger partial charge in [-0.15, -0.1) is 0 Å². The summed E-state index contributed by atoms with van der Waals surface area (Å²) < 4.78 is 25.8. The smallest absolute Gasteiger partial charge is 0.316 e. The van der Waals surface area contributed by atoms with Gasteiger partial charge < -0.3 is 29.2 Å². The summed E-state index contributed by atoms with van der Waals surface area (Å²) >= 11 is 0. The number of rotatable bonds is 2. The van der Waals surface area contributed by atoms with Crippen molar-refractivity contribution in [2.24, 2.45) is 23.7 Å². The van der Waals surface area contributed by atoms with Gasteiger partial charge in [-0.1, -0.05) is 70.1 Å². The van der Waals surface area contributed by atoms with Crippen molar-refractivity contribution in [3.63, 3.8) is 0 Å². The largest absolute Gasteiger partial charge is 0.462 e. The quantitative estimate of drug-likeness (QED) is 0.332. The van der Waals surface area contributed by atoms with Gasteiger partial charge in [0.05, 0.1) is 18.8 Å². The lowest BCUT2D eigenvalue weighted by Gasteiger charge is -2.51. The molecule has 7 heteroatoms. The van der Waals surface area contributed by atoms with Crippen LogP contribution in [0.3, 0.4) is 0 Å². The van der Waals surface area contributed by atoms with Gasteiger partial charge in [0.15, 0.2) is 5.79 Å². The first-order valence-electron chi connectivity index (χ1n) is 15.8. The number of hydrogen-bond acceptors (Lipinski definition) is 7. The standard InChI is InChI=1S/C34H50O7/c1-7-22(4)30-23(5)13-14-33(41-30)18-27-17-26(40-33)12-11-21(3)15-20(2)9-8-10-25-19-38-31-29(35)24(6)16-28(32(36)39-27)34(25,31)37/h8-11,16,20,22-23,26-31,35,37H,7,12-15,17-19H2,1-6H3/b9-8+,21-11+,25-10+/t20-,22-,23-,26+,27-,28?,29+,30?,31+,33+,34+/m0/s1. The maximum absolute atomic E-state index is 14.0. The minimum absolute atomic E-state index is 0.0850. The summed E-state index contributed by atoms with van der Waals surface area (Å²) in [6.07, 6.45) is 12.9. The molecule has 2 unspecified atom stereocenters. The van der Waals surface area contributed by atoms with Crippen molar-refractivity contribution in [2.45, 2.75) is 128 Å². The van der Waals surface area contributed by atoms with Crippen LogP contribution in [0.4, 0.5) is 0 Å². The highest BCUT2D eigenvalue weighted by atomic mass is 16.7. The molecule has 2 N–H and O–H groups in total. The first kappa shape index (κ1) is 30.7. The van der Waals surface area contributed by atoms with E-state index in [1.807, 2.05) is 12.2 Å². The fourth-order valence-corrected chi connectivity index (χ4v) is 7.60. The van der Waals surface area contributed by atoms with Crippen LogP contribution in [0.1, 0.15) is 86.5 Å². The van der Waals surface area contributed by atoms with Crippen molar-refractivity contribution >= 4 is 5.97 Å². The molecule has 0 saturated carbocycles. The van der Waals surface area contributed by atoms with Crippen molar-refractivity contribution in [3.8, 4) is 0 Å². The van der Waals surface area contributed by atoms with Crippen LogP contribution >= 0.6 is 0 Å². The Morgan fingerprint density at radius 3 is 2.71 bits per heavy atom. The second-order valence-corrected chi connectivity index (χ2v) is 13.6. The molecule has 11 atom stereocenters. The van der Waals surface area contributed by atoms with E-state index in [0.29, 0.717) is 35.8 Å². The molecule has 0 aromatic carbocycles. The van der Waals surface area contributed by atoms with E-state index in [1.165, 1.54) is 5.57 Å². The SMILES string of the molecule is CC[C@H](C)C1O[C@]2(CC[C@@H]1C)C[C@@H]1C[C@@H](C/C=C(\C)C[C@@H](C)/C=C/C=C3\CO[C@@H]4[C@H](O)C(C)=CC(C(=O)O1)[C@]34O)O2. The second kappa shape index (κ2) is 12.1. The van der Waals surface area contributed by atoms with Gasteiger partial charge in [0.1, 0.15) is 29.8 Å². The van der Waals surface area contributed by atoms with Gasteiger partial charge in [0, 0.05) is 19.3 Å². The average Bonchev–Trinajstić information content (AvgIpc) is 3.27. The van der Waals surface area contributed by atoms with Crippen molar-refractivity contribution in [1.29, 1.82) is 0 Å². The molecule has 0 amide bonds. The zero-order chi connectivity index (χ0) is 29.5. The molecular formula is C34H50O7. The molecule has 228 valence electrons. The number of carbonyl (C=O) groups excluding carboxylic acids is 1. The topological polar surface area (TPSA) is 94.5 Å². The van der Waals surface area contributed by atoms with Crippen molar-refractivity contribution < 1.29 is 34.0 Å². The van der Waals surface area contributed by atoms with Crippen molar-refractivity contribution in [1.82, 2.24) is 0 Å². The van der Waals surface area contributed by atoms with Gasteiger partial charge >= 0.3 is 5.97 Å². The zero-order valence-electron chi connectivity index (χ0n) is 25.7. The Morgan fingerprint density at radius 2 is 1.95 bits per heavy atom. The number of aliphatic hydroxyl groups is 2. The molecule has 5 aliphatic rings. The van der Waals surface area contributed by atoms with E-state index in [9.17, 15) is 15.0 Å². The van der Waals surface area contributed by atoms with Gasteiger partial charge in [-0.3, -0.25) is 4.79 Å². The highest BCUT2D eigenvalue weighted by Gasteiger charge is 2.60. The number of fused-ring (bicyclic) bond motifs is 2. The van der Waals surface area contributed by atoms with Crippen molar-refractivity contribution in [3.05, 3.63) is 47.1 Å². The summed E-state index contributed by atoms with van der Waals surface area (Å²) in [4.78, 5) is 14.0. The Balaban J connectivity index is 1.51. The second-order valence-electron chi connectivity index (χ2n) is 13.6. The normalized spacial score (nSPS) is 47.7. The Bertz CT molecular complexity index is 1100. The molecule has 0 aromatic heterocycles. The highest BCUT2D eigenvalue weighted by Crippen LogP contribution is 2.47. The lowest BCUT2D eigenvalue weighted by atomic mass is 9.71. The molecule has 1 aliphatic carbocycles. The Morgan fingerprint density at radius 1 is 1.17 bits per heavy atom. The van der Waals surface area contributed by atoms with Crippen LogP contribution in [0, 0.1) is 23.7 Å². The van der Waals surface area contributed by atoms with Crippen LogP contribution in [0.25, 0.3) is 0 Å². The third-order valence-corrected chi connectivity index (χ3v) is 10.2. The molecule has 2 bridgehead atoms. The molecule has 41 heavy (non-hydrogen) atoms. The zero-order valence-corrected chi connectivity index (χ0v) is 25.7. The van der Waals surface area contributed by atoms with Crippen LogP contribution in [0.2, 0.25) is 0 Å². The lowest BCUT2D eigenvalue weighted by molar-refractivity contribution is -0.340.